The molecule has 0 radical (unpaired) electrons. The zero-order valence-electron chi connectivity index (χ0n) is 15.7. The highest BCUT2D eigenvalue weighted by molar-refractivity contribution is 7.90. The molecule has 8 heteroatoms. The Hall–Kier alpha value is -2.09. The number of nitrogens with one attached hydrogen (secondary N) is 3. The van der Waals surface area contributed by atoms with E-state index in [0.717, 1.165) is 5.56 Å². The molecule has 0 saturated carbocycles. The van der Waals surface area contributed by atoms with Gasteiger partial charge in [0.05, 0.1) is 10.3 Å². The van der Waals surface area contributed by atoms with E-state index in [1.54, 1.807) is 33.2 Å². The maximum Gasteiger partial charge on any atom is 0.227 e. The minimum Gasteiger partial charge on any atom is -0.359 e. The summed E-state index contributed by atoms with van der Waals surface area (Å²) in [5.41, 5.74) is 1.09. The van der Waals surface area contributed by atoms with Gasteiger partial charge in [-0.3, -0.25) is 9.79 Å². The molecule has 1 aromatic rings. The van der Waals surface area contributed by atoms with Crippen LogP contribution in [0.4, 0.5) is 0 Å². The van der Waals surface area contributed by atoms with Crippen LogP contribution in [-0.4, -0.2) is 47.2 Å². The van der Waals surface area contributed by atoms with Crippen LogP contribution in [0.1, 0.15) is 25.0 Å². The molecular weight excluding hydrogens is 340 g/mol. The number of aliphatic imine (C=N–C) groups is 1. The average Bonchev–Trinajstić information content (AvgIpc) is 2.52. The van der Waals surface area contributed by atoms with Crippen LogP contribution in [0, 0.1) is 12.3 Å². The summed E-state index contributed by atoms with van der Waals surface area (Å²) in [6.45, 7) is 6.39. The van der Waals surface area contributed by atoms with Crippen LogP contribution in [0.5, 0.6) is 0 Å². The lowest BCUT2D eigenvalue weighted by molar-refractivity contribution is -0.128. The van der Waals surface area contributed by atoms with Crippen molar-refractivity contribution in [1.29, 1.82) is 0 Å². The molecule has 7 nitrogen and oxygen atoms in total. The maximum atomic E-state index is 11.8. The number of rotatable bonds is 6. The summed E-state index contributed by atoms with van der Waals surface area (Å²) in [5, 5.41) is 8.93. The van der Waals surface area contributed by atoms with E-state index in [1.165, 1.54) is 6.26 Å². The van der Waals surface area contributed by atoms with Gasteiger partial charge in [-0.25, -0.2) is 8.42 Å². The Morgan fingerprint density at radius 3 is 2.36 bits per heavy atom. The zero-order chi connectivity index (χ0) is 19.3. The topological polar surface area (TPSA) is 99.7 Å². The molecule has 0 unspecified atom stereocenters. The Kier molecular flexibility index (Phi) is 6.98. The Morgan fingerprint density at radius 1 is 1.24 bits per heavy atom. The van der Waals surface area contributed by atoms with Gasteiger partial charge in [0.1, 0.15) is 0 Å². The van der Waals surface area contributed by atoms with Gasteiger partial charge >= 0.3 is 0 Å². The second kappa shape index (κ2) is 8.33. The first kappa shape index (κ1) is 21.0. The van der Waals surface area contributed by atoms with Crippen molar-refractivity contribution in [3.05, 3.63) is 29.3 Å². The fourth-order valence-electron chi connectivity index (χ4n) is 2.37. The minimum atomic E-state index is -3.22. The van der Waals surface area contributed by atoms with Crippen molar-refractivity contribution in [2.45, 2.75) is 32.2 Å². The number of aryl methyl sites for hydroxylation is 1. The molecule has 1 rings (SSSR count). The first-order valence-corrected chi connectivity index (χ1v) is 9.86. The smallest absolute Gasteiger partial charge is 0.227 e. The van der Waals surface area contributed by atoms with Crippen molar-refractivity contribution in [2.24, 2.45) is 10.4 Å². The summed E-state index contributed by atoms with van der Waals surface area (Å²) in [5.74, 6) is 0.518. The molecule has 140 valence electrons. The van der Waals surface area contributed by atoms with Gasteiger partial charge in [0.15, 0.2) is 15.8 Å². The van der Waals surface area contributed by atoms with E-state index in [2.05, 4.69) is 20.9 Å². The highest BCUT2D eigenvalue weighted by Gasteiger charge is 2.26. The molecule has 0 bridgehead atoms. The van der Waals surface area contributed by atoms with Crippen LogP contribution in [0.25, 0.3) is 0 Å². The van der Waals surface area contributed by atoms with Gasteiger partial charge in [-0.15, -0.1) is 0 Å². The number of nitrogens with zero attached hydrogens (tertiary/aromatic N) is 1. The normalized spacial score (nSPS) is 12.6. The molecule has 0 heterocycles. The molecule has 0 atom stereocenters. The van der Waals surface area contributed by atoms with Crippen LogP contribution in [-0.2, 0) is 21.2 Å². The van der Waals surface area contributed by atoms with Gasteiger partial charge in [-0.05, 0) is 38.0 Å². The highest BCUT2D eigenvalue weighted by Crippen LogP contribution is 2.16. The number of carbonyl (C=O) groups excluding carboxylic acids is 1. The lowest BCUT2D eigenvalue weighted by atomic mass is 9.92. The highest BCUT2D eigenvalue weighted by atomic mass is 32.2. The molecule has 0 aromatic heterocycles. The number of guanidine groups is 1. The van der Waals surface area contributed by atoms with Crippen molar-refractivity contribution in [3.63, 3.8) is 0 Å². The van der Waals surface area contributed by atoms with Crippen molar-refractivity contribution in [2.75, 3.05) is 26.9 Å². The fraction of sp³-hybridized carbons (Fsp3) is 0.529. The Bertz CT molecular complexity index is 755. The number of amides is 1. The van der Waals surface area contributed by atoms with E-state index in [1.807, 2.05) is 19.9 Å². The van der Waals surface area contributed by atoms with Crippen molar-refractivity contribution < 1.29 is 13.2 Å². The maximum absolute atomic E-state index is 11.8. The van der Waals surface area contributed by atoms with Crippen LogP contribution in [0.3, 0.4) is 0 Å². The van der Waals surface area contributed by atoms with E-state index >= 15 is 0 Å². The summed E-state index contributed by atoms with van der Waals surface area (Å²) < 4.78 is 23.3. The molecule has 0 aliphatic carbocycles. The van der Waals surface area contributed by atoms with Crippen molar-refractivity contribution >= 4 is 21.7 Å². The molecule has 0 fully saturated rings. The molecule has 0 aliphatic heterocycles. The van der Waals surface area contributed by atoms with E-state index in [0.29, 0.717) is 29.5 Å². The van der Waals surface area contributed by atoms with E-state index in [9.17, 15) is 13.2 Å². The quantitative estimate of drug-likeness (QED) is 0.510. The molecule has 0 saturated heterocycles. The average molecular weight is 369 g/mol. The first-order valence-electron chi connectivity index (χ1n) is 7.97. The SMILES string of the molecule is CN=C(NCc1ccc(S(C)(=O)=O)c(C)c1)NCC(C)(C)C(=O)NC. The zero-order valence-corrected chi connectivity index (χ0v) is 16.5. The van der Waals surface area contributed by atoms with E-state index < -0.39 is 15.3 Å². The first-order chi connectivity index (χ1) is 11.5. The summed E-state index contributed by atoms with van der Waals surface area (Å²) in [6, 6.07) is 5.23. The van der Waals surface area contributed by atoms with Gasteiger partial charge < -0.3 is 16.0 Å². The monoisotopic (exact) mass is 368 g/mol. The number of benzene rings is 1. The predicted octanol–water partition coefficient (Wildman–Crippen LogP) is 0.836. The van der Waals surface area contributed by atoms with Crippen LogP contribution in [0.15, 0.2) is 28.1 Å². The molecular formula is C17H28N4O3S. The lowest BCUT2D eigenvalue weighted by Crippen LogP contribution is -2.47. The molecule has 1 aromatic carbocycles. The van der Waals surface area contributed by atoms with Crippen LogP contribution < -0.4 is 16.0 Å². The summed E-state index contributed by atoms with van der Waals surface area (Å²) in [6.07, 6.45) is 1.20. The van der Waals surface area contributed by atoms with Gasteiger partial charge in [0, 0.05) is 33.4 Å². The second-order valence-corrected chi connectivity index (χ2v) is 8.60. The molecule has 1 amide bonds. The predicted molar refractivity (Wildman–Crippen MR) is 100 cm³/mol. The molecule has 3 N–H and O–H groups in total. The summed E-state index contributed by atoms with van der Waals surface area (Å²) >= 11 is 0. The van der Waals surface area contributed by atoms with Crippen LogP contribution in [0.2, 0.25) is 0 Å². The Labute approximate surface area is 150 Å². The third-order valence-electron chi connectivity index (χ3n) is 3.86. The standard InChI is InChI=1S/C17H28N4O3S/c1-12-9-13(7-8-14(12)25(6,23)24)10-20-16(19-5)21-11-17(2,3)15(22)18-4/h7-9H,10-11H2,1-6H3,(H,18,22)(H2,19,20,21). The van der Waals surface area contributed by atoms with Crippen LogP contribution >= 0.6 is 0 Å². The van der Waals surface area contributed by atoms with E-state index in [-0.39, 0.29) is 5.91 Å². The van der Waals surface area contributed by atoms with Gasteiger partial charge in [-0.2, -0.15) is 0 Å². The Morgan fingerprint density at radius 2 is 1.88 bits per heavy atom. The molecule has 0 aliphatic rings. The van der Waals surface area contributed by atoms with Crippen molar-refractivity contribution in [3.8, 4) is 0 Å². The summed E-state index contributed by atoms with van der Waals surface area (Å²) in [7, 11) is 0.0475. The van der Waals surface area contributed by atoms with Gasteiger partial charge in [0.25, 0.3) is 0 Å². The van der Waals surface area contributed by atoms with Gasteiger partial charge in [-0.1, -0.05) is 12.1 Å². The molecule has 0 spiro atoms. The fourth-order valence-corrected chi connectivity index (χ4v) is 3.33. The minimum absolute atomic E-state index is 0.0533. The van der Waals surface area contributed by atoms with E-state index in [4.69, 9.17) is 0 Å². The number of sulfone groups is 1. The third kappa shape index (κ3) is 6.04. The Balaban J connectivity index is 2.70. The summed E-state index contributed by atoms with van der Waals surface area (Å²) in [4.78, 5) is 16.3. The number of hydrogen-bond donors (Lipinski definition) is 3. The van der Waals surface area contributed by atoms with Crippen molar-refractivity contribution in [1.82, 2.24) is 16.0 Å². The molecule has 25 heavy (non-hydrogen) atoms. The second-order valence-electron chi connectivity index (χ2n) is 6.61. The number of hydrogen-bond acceptors (Lipinski definition) is 4. The van der Waals surface area contributed by atoms with Gasteiger partial charge in [0.2, 0.25) is 5.91 Å². The largest absolute Gasteiger partial charge is 0.359 e. The third-order valence-corrected chi connectivity index (χ3v) is 5.12. The lowest BCUT2D eigenvalue weighted by Gasteiger charge is -2.24. The number of carbonyl (C=O) groups is 1.